The monoisotopic (exact) mass is 456 g/mol. The number of hydrogen-bond acceptors (Lipinski definition) is 5. The lowest BCUT2D eigenvalue weighted by Crippen LogP contribution is -2.34. The molecule has 2 N–H and O–H groups in total. The minimum Gasteiger partial charge on any atom is -0.490 e. The lowest BCUT2D eigenvalue weighted by Gasteiger charge is -2.33. The van der Waals surface area contributed by atoms with Gasteiger partial charge >= 0.3 is 0 Å². The second-order valence-electron chi connectivity index (χ2n) is 9.19. The third kappa shape index (κ3) is 5.07. The second-order valence-corrected chi connectivity index (χ2v) is 9.19. The molecular weight excluding hydrogens is 424 g/mol. The SMILES string of the molecule is Cc1ccncc1C(=O)Nc1cccc2c1N(Cc1ccc(OC3CCNCC3)cc1)CCC2. The molecule has 0 spiro atoms. The van der Waals surface area contributed by atoms with Gasteiger partial charge < -0.3 is 20.3 Å². The summed E-state index contributed by atoms with van der Waals surface area (Å²) in [5.41, 5.74) is 6.01. The number of piperidine rings is 1. The number of fused-ring (bicyclic) bond motifs is 1. The number of benzene rings is 2. The summed E-state index contributed by atoms with van der Waals surface area (Å²) in [5, 5.41) is 6.53. The zero-order valence-electron chi connectivity index (χ0n) is 19.7. The first-order valence-corrected chi connectivity index (χ1v) is 12.2. The van der Waals surface area contributed by atoms with Crippen LogP contribution in [-0.2, 0) is 13.0 Å². The fraction of sp³-hybridized carbons (Fsp3) is 0.357. The molecule has 0 aliphatic carbocycles. The van der Waals surface area contributed by atoms with Gasteiger partial charge in [0.2, 0.25) is 0 Å². The van der Waals surface area contributed by atoms with Crippen molar-refractivity contribution in [2.45, 2.75) is 45.3 Å². The van der Waals surface area contributed by atoms with Crippen molar-refractivity contribution in [1.82, 2.24) is 10.3 Å². The molecule has 6 nitrogen and oxygen atoms in total. The predicted octanol–water partition coefficient (Wildman–Crippen LogP) is 4.73. The summed E-state index contributed by atoms with van der Waals surface area (Å²) >= 11 is 0. The number of rotatable bonds is 6. The third-order valence-electron chi connectivity index (χ3n) is 6.73. The van der Waals surface area contributed by atoms with E-state index >= 15 is 0 Å². The highest BCUT2D eigenvalue weighted by Gasteiger charge is 2.22. The lowest BCUT2D eigenvalue weighted by atomic mass is 9.99. The van der Waals surface area contributed by atoms with Crippen LogP contribution >= 0.6 is 0 Å². The van der Waals surface area contributed by atoms with Crippen LogP contribution in [0, 0.1) is 6.92 Å². The summed E-state index contributed by atoms with van der Waals surface area (Å²) in [4.78, 5) is 19.5. The Morgan fingerprint density at radius 3 is 2.76 bits per heavy atom. The molecule has 5 rings (SSSR count). The van der Waals surface area contributed by atoms with E-state index in [2.05, 4.69) is 50.8 Å². The highest BCUT2D eigenvalue weighted by molar-refractivity contribution is 6.06. The number of aryl methyl sites for hydroxylation is 2. The van der Waals surface area contributed by atoms with Crippen molar-refractivity contribution in [1.29, 1.82) is 0 Å². The first kappa shape index (κ1) is 22.4. The van der Waals surface area contributed by atoms with Crippen molar-refractivity contribution in [3.05, 3.63) is 83.2 Å². The van der Waals surface area contributed by atoms with Gasteiger partial charge in [0.05, 0.1) is 16.9 Å². The van der Waals surface area contributed by atoms with Gasteiger partial charge in [-0.3, -0.25) is 9.78 Å². The Kier molecular flexibility index (Phi) is 6.77. The minimum absolute atomic E-state index is 0.121. The van der Waals surface area contributed by atoms with Crippen LogP contribution in [0.4, 0.5) is 11.4 Å². The highest BCUT2D eigenvalue weighted by Crippen LogP contribution is 2.36. The molecule has 0 atom stereocenters. The van der Waals surface area contributed by atoms with Crippen molar-refractivity contribution in [3.63, 3.8) is 0 Å². The van der Waals surface area contributed by atoms with Gasteiger partial charge in [0.15, 0.2) is 0 Å². The van der Waals surface area contributed by atoms with E-state index < -0.39 is 0 Å². The maximum absolute atomic E-state index is 13.0. The second kappa shape index (κ2) is 10.3. The Morgan fingerprint density at radius 2 is 1.97 bits per heavy atom. The fourth-order valence-electron chi connectivity index (χ4n) is 4.89. The molecule has 1 amide bonds. The van der Waals surface area contributed by atoms with Gasteiger partial charge in [0.25, 0.3) is 5.91 Å². The van der Waals surface area contributed by atoms with Crippen LogP contribution in [0.15, 0.2) is 60.9 Å². The number of hydrogen-bond donors (Lipinski definition) is 2. The molecular formula is C28H32N4O2. The standard InChI is InChI=1S/C28H32N4O2/c1-20-11-14-30-18-25(20)28(33)31-26-6-2-4-22-5-3-17-32(27(22)26)19-21-7-9-23(10-8-21)34-24-12-15-29-16-13-24/h2,4,6-11,14,18,24,29H,3,5,12-13,15-17,19H2,1H3,(H,31,33). The van der Waals surface area contributed by atoms with Gasteiger partial charge in [0.1, 0.15) is 11.9 Å². The molecule has 1 saturated heterocycles. The van der Waals surface area contributed by atoms with Crippen molar-refractivity contribution in [2.75, 3.05) is 29.9 Å². The Hall–Kier alpha value is -3.38. The van der Waals surface area contributed by atoms with Gasteiger partial charge in [-0.05, 0) is 86.7 Å². The molecule has 0 unspecified atom stereocenters. The number of anilines is 2. The number of nitrogens with zero attached hydrogens (tertiary/aromatic N) is 2. The quantitative estimate of drug-likeness (QED) is 0.562. The van der Waals surface area contributed by atoms with Crippen LogP contribution in [-0.4, -0.2) is 36.6 Å². The Bertz CT molecular complexity index is 1140. The summed E-state index contributed by atoms with van der Waals surface area (Å²) in [7, 11) is 0. The van der Waals surface area contributed by atoms with Crippen LogP contribution in [0.2, 0.25) is 0 Å². The highest BCUT2D eigenvalue weighted by atomic mass is 16.5. The van der Waals surface area contributed by atoms with Crippen LogP contribution in [0.3, 0.4) is 0 Å². The Morgan fingerprint density at radius 1 is 1.15 bits per heavy atom. The predicted molar refractivity (Wildman–Crippen MR) is 136 cm³/mol. The van der Waals surface area contributed by atoms with Crippen LogP contribution < -0.4 is 20.3 Å². The molecule has 3 aromatic rings. The largest absolute Gasteiger partial charge is 0.490 e. The average Bonchev–Trinajstić information content (AvgIpc) is 2.86. The lowest BCUT2D eigenvalue weighted by molar-refractivity contribution is 0.102. The Balaban J connectivity index is 1.32. The number of pyridine rings is 1. The number of nitrogens with one attached hydrogen (secondary N) is 2. The maximum atomic E-state index is 13.0. The fourth-order valence-corrected chi connectivity index (χ4v) is 4.89. The molecule has 1 fully saturated rings. The van der Waals surface area contributed by atoms with Gasteiger partial charge in [-0.2, -0.15) is 0 Å². The van der Waals surface area contributed by atoms with Crippen LogP contribution in [0.25, 0.3) is 0 Å². The van der Waals surface area contributed by atoms with Crippen molar-refractivity contribution >= 4 is 17.3 Å². The van der Waals surface area contributed by atoms with Gasteiger partial charge in [-0.25, -0.2) is 0 Å². The van der Waals surface area contributed by atoms with Gasteiger partial charge in [-0.1, -0.05) is 24.3 Å². The van der Waals surface area contributed by atoms with E-state index in [4.69, 9.17) is 4.74 Å². The molecule has 3 heterocycles. The third-order valence-corrected chi connectivity index (χ3v) is 6.73. The molecule has 0 radical (unpaired) electrons. The van der Waals surface area contributed by atoms with Gasteiger partial charge in [-0.15, -0.1) is 0 Å². The molecule has 1 aromatic heterocycles. The van der Waals surface area contributed by atoms with E-state index in [9.17, 15) is 4.79 Å². The molecule has 2 aliphatic heterocycles. The summed E-state index contributed by atoms with van der Waals surface area (Å²) in [5.74, 6) is 0.818. The summed E-state index contributed by atoms with van der Waals surface area (Å²) in [6, 6.07) is 16.5. The first-order chi connectivity index (χ1) is 16.7. The zero-order chi connectivity index (χ0) is 23.3. The molecule has 0 saturated carbocycles. The van der Waals surface area contributed by atoms with E-state index in [1.807, 2.05) is 25.1 Å². The zero-order valence-corrected chi connectivity index (χ0v) is 19.7. The van der Waals surface area contributed by atoms with E-state index in [-0.39, 0.29) is 5.91 Å². The van der Waals surface area contributed by atoms with Crippen molar-refractivity contribution in [3.8, 4) is 5.75 Å². The molecule has 2 aliphatic rings. The van der Waals surface area contributed by atoms with E-state index in [0.29, 0.717) is 11.7 Å². The van der Waals surface area contributed by atoms with Crippen LogP contribution in [0.1, 0.15) is 46.3 Å². The Labute approximate surface area is 201 Å². The van der Waals surface area contributed by atoms with Gasteiger partial charge in [0, 0.05) is 25.5 Å². The topological polar surface area (TPSA) is 66.5 Å². The minimum atomic E-state index is -0.121. The first-order valence-electron chi connectivity index (χ1n) is 12.2. The molecule has 176 valence electrons. The number of carbonyl (C=O) groups is 1. The molecule has 34 heavy (non-hydrogen) atoms. The average molecular weight is 457 g/mol. The normalized spacial score (nSPS) is 16.1. The number of para-hydroxylation sites is 1. The number of carbonyl (C=O) groups excluding carboxylic acids is 1. The molecule has 6 heteroatoms. The van der Waals surface area contributed by atoms with Crippen molar-refractivity contribution in [2.24, 2.45) is 0 Å². The summed E-state index contributed by atoms with van der Waals surface area (Å²) in [6.45, 7) is 5.73. The summed E-state index contributed by atoms with van der Waals surface area (Å²) < 4.78 is 6.16. The number of aromatic nitrogens is 1. The van der Waals surface area contributed by atoms with Crippen molar-refractivity contribution < 1.29 is 9.53 Å². The number of ether oxygens (including phenoxy) is 1. The number of amides is 1. The molecule has 2 aromatic carbocycles. The van der Waals surface area contributed by atoms with E-state index in [0.717, 1.165) is 74.6 Å². The maximum Gasteiger partial charge on any atom is 0.257 e. The molecule has 0 bridgehead atoms. The van der Waals surface area contributed by atoms with Crippen LogP contribution in [0.5, 0.6) is 5.75 Å². The summed E-state index contributed by atoms with van der Waals surface area (Å²) in [6.07, 6.45) is 7.87. The van der Waals surface area contributed by atoms with E-state index in [1.54, 1.807) is 12.4 Å². The smallest absolute Gasteiger partial charge is 0.257 e. The van der Waals surface area contributed by atoms with E-state index in [1.165, 1.54) is 11.1 Å².